The predicted octanol–water partition coefficient (Wildman–Crippen LogP) is 2.10. The molecule has 1 saturated heterocycles. The van der Waals surface area contributed by atoms with Crippen LogP contribution in [0.3, 0.4) is 0 Å². The summed E-state index contributed by atoms with van der Waals surface area (Å²) in [7, 11) is 0. The van der Waals surface area contributed by atoms with Crippen LogP contribution in [0.5, 0.6) is 0 Å². The molecule has 2 aromatic rings. The number of benzene rings is 1. The lowest BCUT2D eigenvalue weighted by Crippen LogP contribution is -3.11. The number of hydrazone groups is 1. The van der Waals surface area contributed by atoms with Crippen molar-refractivity contribution < 1.29 is 9.69 Å². The number of piperidine rings is 1. The summed E-state index contributed by atoms with van der Waals surface area (Å²) >= 11 is 3.47. The molecule has 0 saturated carbocycles. The number of aryl methyl sites for hydroxylation is 1. The fraction of sp³-hybridized carbons (Fsp3) is 0.350. The number of halogens is 1. The van der Waals surface area contributed by atoms with Crippen LogP contribution in [0.1, 0.15) is 29.8 Å². The largest absolute Gasteiger partial charge is 0.331 e. The highest BCUT2D eigenvalue weighted by molar-refractivity contribution is 9.10. The van der Waals surface area contributed by atoms with Gasteiger partial charge < -0.3 is 4.90 Å². The number of hydrogen-bond donors (Lipinski definition) is 2. The van der Waals surface area contributed by atoms with Gasteiger partial charge in [-0.2, -0.15) is 5.10 Å². The zero-order chi connectivity index (χ0) is 18.4. The molecule has 26 heavy (non-hydrogen) atoms. The quantitative estimate of drug-likeness (QED) is 0.580. The summed E-state index contributed by atoms with van der Waals surface area (Å²) in [5.41, 5.74) is 5.68. The van der Waals surface area contributed by atoms with Gasteiger partial charge in [0.2, 0.25) is 5.91 Å². The Bertz CT molecular complexity index is 768. The Morgan fingerprint density at radius 2 is 2.00 bits per heavy atom. The van der Waals surface area contributed by atoms with Crippen molar-refractivity contribution in [1.29, 1.82) is 0 Å². The number of pyridine rings is 1. The van der Waals surface area contributed by atoms with Crippen LogP contribution < -0.4 is 10.3 Å². The third-order valence-electron chi connectivity index (χ3n) is 4.71. The minimum absolute atomic E-state index is 0.0107. The van der Waals surface area contributed by atoms with E-state index in [1.165, 1.54) is 10.5 Å². The van der Waals surface area contributed by atoms with Gasteiger partial charge in [0.1, 0.15) is 6.54 Å². The topological polar surface area (TPSA) is 58.8 Å². The first-order valence-electron chi connectivity index (χ1n) is 8.95. The Hall–Kier alpha value is -2.05. The average molecular weight is 416 g/mol. The first kappa shape index (κ1) is 18.7. The Labute approximate surface area is 162 Å². The SMILES string of the molecule is Cc1cccc(/C=N\NC(=O)C2CC[NH+](Cc3ccc(Br)cc3)CC2)n1. The maximum atomic E-state index is 12.3. The average Bonchev–Trinajstić information content (AvgIpc) is 2.64. The maximum absolute atomic E-state index is 12.3. The molecule has 0 spiro atoms. The number of nitrogens with one attached hydrogen (secondary N) is 2. The van der Waals surface area contributed by atoms with Crippen molar-refractivity contribution >= 4 is 28.1 Å². The highest BCUT2D eigenvalue weighted by Gasteiger charge is 2.27. The summed E-state index contributed by atoms with van der Waals surface area (Å²) in [4.78, 5) is 18.2. The molecule has 136 valence electrons. The Balaban J connectivity index is 1.43. The van der Waals surface area contributed by atoms with E-state index >= 15 is 0 Å². The molecule has 6 heteroatoms. The highest BCUT2D eigenvalue weighted by atomic mass is 79.9. The second kappa shape index (κ2) is 9.05. The molecule has 1 aromatic carbocycles. The fourth-order valence-corrected chi connectivity index (χ4v) is 3.51. The molecule has 0 atom stereocenters. The van der Waals surface area contributed by atoms with E-state index in [-0.39, 0.29) is 11.8 Å². The van der Waals surface area contributed by atoms with E-state index in [2.05, 4.69) is 55.7 Å². The highest BCUT2D eigenvalue weighted by Crippen LogP contribution is 2.12. The van der Waals surface area contributed by atoms with Crippen LogP contribution in [-0.4, -0.2) is 30.2 Å². The summed E-state index contributed by atoms with van der Waals surface area (Å²) < 4.78 is 1.10. The van der Waals surface area contributed by atoms with E-state index in [1.54, 1.807) is 6.21 Å². The molecule has 2 heterocycles. The normalized spacial score (nSPS) is 20.2. The van der Waals surface area contributed by atoms with Crippen LogP contribution in [0.15, 0.2) is 52.0 Å². The lowest BCUT2D eigenvalue weighted by molar-refractivity contribution is -0.919. The molecule has 0 bridgehead atoms. The molecule has 5 nitrogen and oxygen atoms in total. The van der Waals surface area contributed by atoms with Crippen LogP contribution in [0.2, 0.25) is 0 Å². The van der Waals surface area contributed by atoms with Gasteiger partial charge in [0, 0.05) is 28.6 Å². The minimum atomic E-state index is 0.0107. The van der Waals surface area contributed by atoms with Crippen LogP contribution in [0, 0.1) is 12.8 Å². The monoisotopic (exact) mass is 415 g/mol. The number of hydrogen-bond acceptors (Lipinski definition) is 3. The summed E-state index contributed by atoms with van der Waals surface area (Å²) in [6.07, 6.45) is 3.39. The van der Waals surface area contributed by atoms with Crippen molar-refractivity contribution in [2.45, 2.75) is 26.3 Å². The Morgan fingerprint density at radius 1 is 1.27 bits per heavy atom. The van der Waals surface area contributed by atoms with E-state index in [1.807, 2.05) is 25.1 Å². The second-order valence-electron chi connectivity index (χ2n) is 6.77. The summed E-state index contributed by atoms with van der Waals surface area (Å²) in [6, 6.07) is 14.2. The Morgan fingerprint density at radius 3 is 2.69 bits per heavy atom. The van der Waals surface area contributed by atoms with Crippen molar-refractivity contribution in [2.24, 2.45) is 11.0 Å². The van der Waals surface area contributed by atoms with Crippen molar-refractivity contribution in [2.75, 3.05) is 13.1 Å². The third kappa shape index (κ3) is 5.47. The molecule has 0 radical (unpaired) electrons. The van der Waals surface area contributed by atoms with Crippen molar-refractivity contribution in [3.8, 4) is 0 Å². The molecule has 2 N–H and O–H groups in total. The molecule has 0 unspecified atom stereocenters. The maximum Gasteiger partial charge on any atom is 0.243 e. The van der Waals surface area contributed by atoms with Crippen molar-refractivity contribution in [1.82, 2.24) is 10.4 Å². The smallest absolute Gasteiger partial charge is 0.243 e. The molecule has 3 rings (SSSR count). The van der Waals surface area contributed by atoms with E-state index in [4.69, 9.17) is 0 Å². The van der Waals surface area contributed by atoms with Gasteiger partial charge in [-0.25, -0.2) is 5.43 Å². The molecule has 1 aliphatic rings. The van der Waals surface area contributed by atoms with Gasteiger partial charge in [-0.3, -0.25) is 9.78 Å². The number of carbonyl (C=O) groups excluding carboxylic acids is 1. The van der Waals surface area contributed by atoms with Crippen molar-refractivity contribution in [3.63, 3.8) is 0 Å². The number of likely N-dealkylation sites (tertiary alicyclic amines) is 1. The molecule has 1 aromatic heterocycles. The van der Waals surface area contributed by atoms with Gasteiger partial charge in [0.15, 0.2) is 0 Å². The van der Waals surface area contributed by atoms with Gasteiger partial charge in [0.05, 0.1) is 30.9 Å². The number of quaternary nitrogens is 1. The standard InChI is InChI=1S/C20H23BrN4O/c1-15-3-2-4-19(23-15)13-22-24-20(26)17-9-11-25(12-10-17)14-16-5-7-18(21)8-6-16/h2-8,13,17H,9-12,14H2,1H3,(H,24,26)/p+1/b22-13-. The van der Waals surface area contributed by atoms with Crippen LogP contribution in [0.25, 0.3) is 0 Å². The third-order valence-corrected chi connectivity index (χ3v) is 5.24. The lowest BCUT2D eigenvalue weighted by Gasteiger charge is -2.28. The van der Waals surface area contributed by atoms with Gasteiger partial charge in [-0.15, -0.1) is 0 Å². The molecule has 1 fully saturated rings. The second-order valence-corrected chi connectivity index (χ2v) is 7.68. The molecule has 1 aliphatic heterocycles. The lowest BCUT2D eigenvalue weighted by atomic mass is 9.96. The van der Waals surface area contributed by atoms with Gasteiger partial charge in [-0.1, -0.05) is 34.1 Å². The number of nitrogens with zero attached hydrogens (tertiary/aromatic N) is 2. The summed E-state index contributed by atoms with van der Waals surface area (Å²) in [5, 5.41) is 4.05. The van der Waals surface area contributed by atoms with E-state index in [9.17, 15) is 4.79 Å². The number of carbonyl (C=O) groups is 1. The number of rotatable bonds is 5. The molecular formula is C20H24BrN4O+. The number of aromatic nitrogens is 1. The van der Waals surface area contributed by atoms with E-state index in [0.29, 0.717) is 0 Å². The van der Waals surface area contributed by atoms with E-state index < -0.39 is 0 Å². The summed E-state index contributed by atoms with van der Waals surface area (Å²) in [6.45, 7) is 4.97. The fourth-order valence-electron chi connectivity index (χ4n) is 3.25. The van der Waals surface area contributed by atoms with Gasteiger partial charge in [0.25, 0.3) is 0 Å². The van der Waals surface area contributed by atoms with E-state index in [0.717, 1.165) is 48.3 Å². The number of amides is 1. The molecule has 1 amide bonds. The minimum Gasteiger partial charge on any atom is -0.331 e. The van der Waals surface area contributed by atoms with Crippen LogP contribution in [0.4, 0.5) is 0 Å². The summed E-state index contributed by atoms with van der Waals surface area (Å²) in [5.74, 6) is 0.0582. The first-order chi connectivity index (χ1) is 12.6. The van der Waals surface area contributed by atoms with Gasteiger partial charge in [-0.05, 0) is 31.2 Å². The molecular weight excluding hydrogens is 392 g/mol. The molecule has 0 aliphatic carbocycles. The predicted molar refractivity (Wildman–Crippen MR) is 106 cm³/mol. The zero-order valence-electron chi connectivity index (χ0n) is 14.9. The van der Waals surface area contributed by atoms with Crippen LogP contribution >= 0.6 is 15.9 Å². The first-order valence-corrected chi connectivity index (χ1v) is 9.74. The Kier molecular flexibility index (Phi) is 6.52. The van der Waals surface area contributed by atoms with Gasteiger partial charge >= 0.3 is 0 Å². The van der Waals surface area contributed by atoms with Crippen molar-refractivity contribution in [3.05, 3.63) is 63.9 Å². The zero-order valence-corrected chi connectivity index (χ0v) is 16.5. The van der Waals surface area contributed by atoms with Crippen LogP contribution in [-0.2, 0) is 11.3 Å².